The number of carbonyl (C=O) groups excluding carboxylic acids is 2. The molecule has 1 aromatic carbocycles. The Bertz CT molecular complexity index is 1100. The van der Waals surface area contributed by atoms with Crippen LogP contribution in [0.1, 0.15) is 32.3 Å². The maximum Gasteiger partial charge on any atom is 0.573 e. The summed E-state index contributed by atoms with van der Waals surface area (Å²) in [6.07, 6.45) is -1.09. The van der Waals surface area contributed by atoms with E-state index in [0.29, 0.717) is 31.4 Å². The van der Waals surface area contributed by atoms with Crippen molar-refractivity contribution in [2.75, 3.05) is 6.54 Å². The van der Waals surface area contributed by atoms with Crippen LogP contribution in [0.5, 0.6) is 5.75 Å². The third kappa shape index (κ3) is 4.58. The number of nitrogens with one attached hydrogen (secondary N) is 1. The van der Waals surface area contributed by atoms with Gasteiger partial charge in [-0.05, 0) is 56.9 Å². The van der Waals surface area contributed by atoms with Gasteiger partial charge in [0.25, 0.3) is 5.91 Å². The highest BCUT2D eigenvalue weighted by Gasteiger charge is 2.39. The number of rotatable bonds is 5. The lowest BCUT2D eigenvalue weighted by molar-refractivity contribution is -0.274. The zero-order valence-corrected chi connectivity index (χ0v) is 17.5. The minimum atomic E-state index is -4.75. The number of alkyl halides is 3. The number of fused-ring (bicyclic) bond motifs is 2. The van der Waals surface area contributed by atoms with E-state index in [9.17, 15) is 22.8 Å². The normalized spacial score (nSPS) is 20.7. The van der Waals surface area contributed by atoms with Crippen molar-refractivity contribution in [2.45, 2.75) is 45.5 Å². The molecule has 0 bridgehead atoms. The van der Waals surface area contributed by atoms with Gasteiger partial charge in [-0.25, -0.2) is 4.79 Å². The van der Waals surface area contributed by atoms with Gasteiger partial charge in [0.1, 0.15) is 5.75 Å². The predicted molar refractivity (Wildman–Crippen MR) is 111 cm³/mol. The quantitative estimate of drug-likeness (QED) is 0.743. The van der Waals surface area contributed by atoms with E-state index in [1.807, 2.05) is 24.8 Å². The van der Waals surface area contributed by atoms with Crippen LogP contribution in [0.25, 0.3) is 0 Å². The van der Waals surface area contributed by atoms with Crippen LogP contribution in [-0.2, 0) is 11.2 Å². The van der Waals surface area contributed by atoms with E-state index in [2.05, 4.69) is 20.0 Å². The number of ether oxygens (including phenoxy) is 1. The zero-order chi connectivity index (χ0) is 23.0. The van der Waals surface area contributed by atoms with E-state index in [0.717, 1.165) is 16.8 Å². The SMILES string of the molecule is CC1=C(C)CC2N=C3C(=O)NC(=O)N=C3N(CCCc3cccc(OC(F)(F)F)c3)C2=C1. The van der Waals surface area contributed by atoms with Crippen LogP contribution in [0.15, 0.2) is 57.2 Å². The highest BCUT2D eigenvalue weighted by Crippen LogP contribution is 2.33. The van der Waals surface area contributed by atoms with Crippen molar-refractivity contribution in [3.05, 3.63) is 52.7 Å². The van der Waals surface area contributed by atoms with Crippen LogP contribution in [0.2, 0.25) is 0 Å². The molecule has 1 aromatic rings. The van der Waals surface area contributed by atoms with Gasteiger partial charge < -0.3 is 9.64 Å². The minimum Gasteiger partial charge on any atom is -0.406 e. The number of halogens is 3. The summed E-state index contributed by atoms with van der Waals surface area (Å²) in [5.41, 5.74) is 3.91. The molecule has 1 N–H and O–H groups in total. The first-order valence-electron chi connectivity index (χ1n) is 10.1. The van der Waals surface area contributed by atoms with Crippen LogP contribution in [-0.4, -0.2) is 47.3 Å². The molecule has 0 aromatic heterocycles. The lowest BCUT2D eigenvalue weighted by Crippen LogP contribution is -2.54. The highest BCUT2D eigenvalue weighted by molar-refractivity contribution is 6.69. The fourth-order valence-corrected chi connectivity index (χ4v) is 3.96. The average molecular weight is 446 g/mol. The third-order valence-electron chi connectivity index (χ3n) is 5.56. The van der Waals surface area contributed by atoms with Crippen LogP contribution >= 0.6 is 0 Å². The lowest BCUT2D eigenvalue weighted by atomic mass is 9.91. The Balaban J connectivity index is 1.56. The van der Waals surface area contributed by atoms with Gasteiger partial charge in [-0.2, -0.15) is 4.99 Å². The summed E-state index contributed by atoms with van der Waals surface area (Å²) in [7, 11) is 0. The Morgan fingerprint density at radius 3 is 2.78 bits per heavy atom. The number of benzene rings is 1. The first-order valence-corrected chi connectivity index (χ1v) is 10.1. The molecule has 168 valence electrons. The topological polar surface area (TPSA) is 83.4 Å². The van der Waals surface area contributed by atoms with Crippen LogP contribution in [0.3, 0.4) is 0 Å². The molecule has 0 saturated carbocycles. The highest BCUT2D eigenvalue weighted by atomic mass is 19.4. The fraction of sp³-hybridized carbons (Fsp3) is 0.364. The molecular formula is C22H21F3N4O3. The van der Waals surface area contributed by atoms with Gasteiger partial charge >= 0.3 is 12.4 Å². The van der Waals surface area contributed by atoms with Crippen LogP contribution in [0, 0.1) is 0 Å². The fourth-order valence-electron chi connectivity index (χ4n) is 3.96. The third-order valence-corrected chi connectivity index (χ3v) is 5.56. The molecule has 10 heteroatoms. The van der Waals surface area contributed by atoms with Gasteiger partial charge in [-0.15, -0.1) is 13.2 Å². The van der Waals surface area contributed by atoms with E-state index in [1.54, 1.807) is 6.07 Å². The molecule has 1 unspecified atom stereocenters. The summed E-state index contributed by atoms with van der Waals surface area (Å²) in [6.45, 7) is 4.41. The number of carbonyl (C=O) groups is 2. The number of aryl methyl sites for hydroxylation is 1. The van der Waals surface area contributed by atoms with Crippen molar-refractivity contribution < 1.29 is 27.5 Å². The van der Waals surface area contributed by atoms with Gasteiger partial charge in [-0.3, -0.25) is 15.1 Å². The molecule has 3 aliphatic rings. The smallest absolute Gasteiger partial charge is 0.406 e. The lowest BCUT2D eigenvalue weighted by Gasteiger charge is -2.39. The van der Waals surface area contributed by atoms with Gasteiger partial charge in [0.15, 0.2) is 11.5 Å². The maximum absolute atomic E-state index is 12.5. The average Bonchev–Trinajstić information content (AvgIpc) is 2.68. The summed E-state index contributed by atoms with van der Waals surface area (Å²) in [5.74, 6) is -0.639. The number of hydrogen-bond acceptors (Lipinski definition) is 5. The van der Waals surface area contributed by atoms with Gasteiger partial charge in [0, 0.05) is 12.2 Å². The monoisotopic (exact) mass is 446 g/mol. The number of allylic oxidation sites excluding steroid dienone is 2. The molecule has 1 atom stereocenters. The number of aliphatic imine (C=N–C) groups is 2. The molecule has 0 saturated heterocycles. The summed E-state index contributed by atoms with van der Waals surface area (Å²) >= 11 is 0. The molecule has 2 aliphatic heterocycles. The van der Waals surface area contributed by atoms with Crippen molar-refractivity contribution >= 4 is 23.5 Å². The molecule has 2 heterocycles. The van der Waals surface area contributed by atoms with E-state index in [1.165, 1.54) is 18.2 Å². The standard InChI is InChI=1S/C22H21F3N4O3/c1-12-9-16-17(10-13(12)2)29(19-18(26-16)20(30)28-21(31)27-19)8-4-6-14-5-3-7-15(11-14)32-22(23,24)25/h3,5,7,10-11,16H,4,6,8-9H2,1-2H3,(H,28,30,31). The molecule has 4 rings (SSSR count). The second kappa shape index (κ2) is 8.25. The van der Waals surface area contributed by atoms with Crippen LogP contribution < -0.4 is 10.1 Å². The molecule has 7 nitrogen and oxygen atoms in total. The molecule has 0 spiro atoms. The largest absolute Gasteiger partial charge is 0.573 e. The van der Waals surface area contributed by atoms with Gasteiger partial charge in [0.2, 0.25) is 0 Å². The second-order valence-electron chi connectivity index (χ2n) is 7.88. The Morgan fingerprint density at radius 2 is 2.03 bits per heavy atom. The molecule has 1 aliphatic carbocycles. The number of amides is 3. The summed E-state index contributed by atoms with van der Waals surface area (Å²) in [4.78, 5) is 34.6. The van der Waals surface area contributed by atoms with Crippen molar-refractivity contribution in [1.29, 1.82) is 0 Å². The Kier molecular flexibility index (Phi) is 5.62. The van der Waals surface area contributed by atoms with Crippen LogP contribution in [0.4, 0.5) is 18.0 Å². The molecule has 32 heavy (non-hydrogen) atoms. The number of urea groups is 1. The first kappa shape index (κ1) is 21.8. The summed E-state index contributed by atoms with van der Waals surface area (Å²) < 4.78 is 41.4. The Morgan fingerprint density at radius 1 is 1.25 bits per heavy atom. The Hall–Kier alpha value is -3.43. The van der Waals surface area contributed by atoms with E-state index in [4.69, 9.17) is 0 Å². The second-order valence-corrected chi connectivity index (χ2v) is 7.88. The number of hydrogen-bond donors (Lipinski definition) is 1. The zero-order valence-electron chi connectivity index (χ0n) is 17.5. The summed E-state index contributed by atoms with van der Waals surface area (Å²) in [5, 5.41) is 2.16. The summed E-state index contributed by atoms with van der Waals surface area (Å²) in [6, 6.07) is 4.83. The molecule has 0 fully saturated rings. The van der Waals surface area contributed by atoms with Gasteiger partial charge in [0.05, 0.1) is 6.04 Å². The van der Waals surface area contributed by atoms with Crippen molar-refractivity contribution in [2.24, 2.45) is 9.98 Å². The van der Waals surface area contributed by atoms with Crippen molar-refractivity contribution in [3.63, 3.8) is 0 Å². The minimum absolute atomic E-state index is 0.125. The number of amidine groups is 1. The van der Waals surface area contributed by atoms with Gasteiger partial charge in [-0.1, -0.05) is 23.3 Å². The van der Waals surface area contributed by atoms with E-state index < -0.39 is 18.3 Å². The van der Waals surface area contributed by atoms with E-state index in [-0.39, 0.29) is 23.3 Å². The van der Waals surface area contributed by atoms with Crippen molar-refractivity contribution in [3.8, 4) is 5.75 Å². The Labute approximate surface area is 182 Å². The number of nitrogens with zero attached hydrogens (tertiary/aromatic N) is 3. The molecule has 3 amide bonds. The molecular weight excluding hydrogens is 425 g/mol. The predicted octanol–water partition coefficient (Wildman–Crippen LogP) is 3.92. The number of imide groups is 1. The molecule has 0 radical (unpaired) electrons. The van der Waals surface area contributed by atoms with Crippen molar-refractivity contribution in [1.82, 2.24) is 10.2 Å². The first-order chi connectivity index (χ1) is 15.1. The maximum atomic E-state index is 12.5. The van der Waals surface area contributed by atoms with E-state index >= 15 is 0 Å².